The molecule has 1 N–H and O–H groups in total. The van der Waals surface area contributed by atoms with Gasteiger partial charge >= 0.3 is 0 Å². The Labute approximate surface area is 104 Å². The van der Waals surface area contributed by atoms with Crippen LogP contribution < -0.4 is 5.32 Å². The van der Waals surface area contributed by atoms with Crippen molar-refractivity contribution in [3.8, 4) is 0 Å². The minimum atomic E-state index is 0.314. The summed E-state index contributed by atoms with van der Waals surface area (Å²) in [5, 5.41) is 3.28. The number of nitrogens with one attached hydrogen (secondary N) is 1. The summed E-state index contributed by atoms with van der Waals surface area (Å²) in [4.78, 5) is 15.9. The predicted molar refractivity (Wildman–Crippen MR) is 66.2 cm³/mol. The minimum absolute atomic E-state index is 0.314. The van der Waals surface area contributed by atoms with Gasteiger partial charge in [-0.15, -0.1) is 0 Å². The fraction of sp³-hybridized carbons (Fsp3) is 0.500. The van der Waals surface area contributed by atoms with Gasteiger partial charge < -0.3 is 5.32 Å². The summed E-state index contributed by atoms with van der Waals surface area (Å²) >= 11 is 3.36. The first kappa shape index (κ1) is 11.7. The standard InChI is InChI=1S/C12H15BrN2O/c13-11-3-10(7-15-8-11)5-12(16)4-9-1-2-14-6-9/h3,7-9,14H,1-2,4-6H2. The topological polar surface area (TPSA) is 42.0 Å². The molecule has 0 amide bonds. The van der Waals surface area contributed by atoms with Gasteiger partial charge in [0.1, 0.15) is 5.78 Å². The van der Waals surface area contributed by atoms with E-state index in [2.05, 4.69) is 26.2 Å². The highest BCUT2D eigenvalue weighted by Crippen LogP contribution is 2.15. The van der Waals surface area contributed by atoms with Gasteiger partial charge in [-0.25, -0.2) is 0 Å². The van der Waals surface area contributed by atoms with Crippen molar-refractivity contribution in [1.82, 2.24) is 10.3 Å². The average Bonchev–Trinajstić information content (AvgIpc) is 2.70. The molecule has 1 aliphatic rings. The van der Waals surface area contributed by atoms with Crippen LogP contribution >= 0.6 is 15.9 Å². The van der Waals surface area contributed by atoms with Crippen LogP contribution in [-0.4, -0.2) is 23.9 Å². The third kappa shape index (κ3) is 3.39. The van der Waals surface area contributed by atoms with E-state index in [4.69, 9.17) is 0 Å². The van der Waals surface area contributed by atoms with Gasteiger partial charge in [0, 0.05) is 29.7 Å². The Balaban J connectivity index is 1.86. The molecule has 4 heteroatoms. The Morgan fingerprint density at radius 2 is 2.44 bits per heavy atom. The molecule has 0 aliphatic carbocycles. The SMILES string of the molecule is O=C(Cc1cncc(Br)c1)CC1CCNC1. The third-order valence-electron chi connectivity index (χ3n) is 2.84. The molecule has 0 saturated carbocycles. The first-order valence-corrected chi connectivity index (χ1v) is 6.35. The zero-order valence-corrected chi connectivity index (χ0v) is 10.7. The van der Waals surface area contributed by atoms with E-state index in [0.29, 0.717) is 24.5 Å². The molecule has 2 rings (SSSR count). The molecule has 1 saturated heterocycles. The van der Waals surface area contributed by atoms with Crippen molar-refractivity contribution in [1.29, 1.82) is 0 Å². The molecule has 16 heavy (non-hydrogen) atoms. The van der Waals surface area contributed by atoms with Gasteiger partial charge in [-0.3, -0.25) is 9.78 Å². The molecule has 0 bridgehead atoms. The van der Waals surface area contributed by atoms with Crippen molar-refractivity contribution in [2.75, 3.05) is 13.1 Å². The number of ketones is 1. The zero-order valence-electron chi connectivity index (χ0n) is 9.08. The van der Waals surface area contributed by atoms with Crippen LogP contribution in [-0.2, 0) is 11.2 Å². The van der Waals surface area contributed by atoms with E-state index < -0.39 is 0 Å². The lowest BCUT2D eigenvalue weighted by molar-refractivity contribution is -0.119. The summed E-state index contributed by atoms with van der Waals surface area (Å²) in [5.74, 6) is 0.848. The van der Waals surface area contributed by atoms with Crippen LogP contribution in [0.5, 0.6) is 0 Å². The number of carbonyl (C=O) groups excluding carboxylic acids is 1. The molecule has 1 atom stereocenters. The summed E-state index contributed by atoms with van der Waals surface area (Å²) in [6, 6.07) is 1.96. The molecule has 1 aromatic rings. The van der Waals surface area contributed by atoms with E-state index >= 15 is 0 Å². The fourth-order valence-corrected chi connectivity index (χ4v) is 2.48. The van der Waals surface area contributed by atoms with Gasteiger partial charge in [-0.2, -0.15) is 0 Å². The van der Waals surface area contributed by atoms with Crippen LogP contribution in [0.4, 0.5) is 0 Å². The number of nitrogens with zero attached hydrogens (tertiary/aromatic N) is 1. The molecule has 1 fully saturated rings. The molecule has 86 valence electrons. The lowest BCUT2D eigenvalue weighted by Gasteiger charge is -2.06. The lowest BCUT2D eigenvalue weighted by atomic mass is 9.98. The molecular formula is C12H15BrN2O. The maximum atomic E-state index is 11.8. The maximum Gasteiger partial charge on any atom is 0.137 e. The van der Waals surface area contributed by atoms with E-state index in [9.17, 15) is 4.79 Å². The van der Waals surface area contributed by atoms with E-state index in [-0.39, 0.29) is 0 Å². The summed E-state index contributed by atoms with van der Waals surface area (Å²) in [7, 11) is 0. The van der Waals surface area contributed by atoms with Crippen LogP contribution in [0.3, 0.4) is 0 Å². The van der Waals surface area contributed by atoms with Crippen LogP contribution in [0, 0.1) is 5.92 Å². The Kier molecular flexibility index (Phi) is 4.07. The third-order valence-corrected chi connectivity index (χ3v) is 3.28. The minimum Gasteiger partial charge on any atom is -0.316 e. The highest BCUT2D eigenvalue weighted by Gasteiger charge is 2.18. The van der Waals surface area contributed by atoms with Crippen molar-refractivity contribution >= 4 is 21.7 Å². The number of hydrogen-bond acceptors (Lipinski definition) is 3. The largest absolute Gasteiger partial charge is 0.316 e. The molecule has 1 aliphatic heterocycles. The highest BCUT2D eigenvalue weighted by atomic mass is 79.9. The van der Waals surface area contributed by atoms with E-state index in [1.165, 1.54) is 0 Å². The maximum absolute atomic E-state index is 11.8. The van der Waals surface area contributed by atoms with Crippen LogP contribution in [0.25, 0.3) is 0 Å². The van der Waals surface area contributed by atoms with Crippen molar-refractivity contribution in [2.24, 2.45) is 5.92 Å². The van der Waals surface area contributed by atoms with Gasteiger partial charge in [-0.05, 0) is 53.0 Å². The molecule has 1 aromatic heterocycles. The summed E-state index contributed by atoms with van der Waals surface area (Å²) in [5.41, 5.74) is 0.991. The highest BCUT2D eigenvalue weighted by molar-refractivity contribution is 9.10. The van der Waals surface area contributed by atoms with Gasteiger partial charge in [-0.1, -0.05) is 0 Å². The van der Waals surface area contributed by atoms with E-state index in [1.807, 2.05) is 6.07 Å². The molecule has 3 nitrogen and oxygen atoms in total. The molecule has 0 aromatic carbocycles. The first-order valence-electron chi connectivity index (χ1n) is 5.56. The van der Waals surface area contributed by atoms with Gasteiger partial charge in [0.2, 0.25) is 0 Å². The average molecular weight is 283 g/mol. The predicted octanol–water partition coefficient (Wildman–Crippen LogP) is 1.96. The van der Waals surface area contributed by atoms with Crippen LogP contribution in [0.2, 0.25) is 0 Å². The Hall–Kier alpha value is -0.740. The number of Topliss-reactive ketones (excluding diaryl/α,β-unsaturated/α-hetero) is 1. The number of halogens is 1. The molecule has 2 heterocycles. The Bertz CT molecular complexity index is 375. The smallest absolute Gasteiger partial charge is 0.137 e. The molecule has 0 spiro atoms. The van der Waals surface area contributed by atoms with Crippen LogP contribution in [0.15, 0.2) is 22.9 Å². The lowest BCUT2D eigenvalue weighted by Crippen LogP contribution is -2.14. The number of pyridine rings is 1. The first-order chi connectivity index (χ1) is 7.74. The monoisotopic (exact) mass is 282 g/mol. The number of aromatic nitrogens is 1. The second kappa shape index (κ2) is 5.55. The van der Waals surface area contributed by atoms with Crippen molar-refractivity contribution in [3.63, 3.8) is 0 Å². The fourth-order valence-electron chi connectivity index (χ4n) is 2.06. The second-order valence-corrected chi connectivity index (χ2v) is 5.21. The van der Waals surface area contributed by atoms with E-state index in [0.717, 1.165) is 29.5 Å². The van der Waals surface area contributed by atoms with Crippen LogP contribution in [0.1, 0.15) is 18.4 Å². The Morgan fingerprint density at radius 1 is 1.56 bits per heavy atom. The summed E-state index contributed by atoms with van der Waals surface area (Å²) in [6.45, 7) is 2.04. The quantitative estimate of drug-likeness (QED) is 0.918. The van der Waals surface area contributed by atoms with Crippen molar-refractivity contribution < 1.29 is 4.79 Å². The summed E-state index contributed by atoms with van der Waals surface area (Å²) < 4.78 is 0.931. The number of carbonyl (C=O) groups is 1. The number of rotatable bonds is 4. The second-order valence-electron chi connectivity index (χ2n) is 4.29. The molecule has 0 radical (unpaired) electrons. The molecule has 1 unspecified atom stereocenters. The summed E-state index contributed by atoms with van der Waals surface area (Å²) in [6.07, 6.45) is 5.81. The number of hydrogen-bond donors (Lipinski definition) is 1. The van der Waals surface area contributed by atoms with Gasteiger partial charge in [0.25, 0.3) is 0 Å². The zero-order chi connectivity index (χ0) is 11.4. The molecular weight excluding hydrogens is 268 g/mol. The van der Waals surface area contributed by atoms with E-state index in [1.54, 1.807) is 12.4 Å². The van der Waals surface area contributed by atoms with Gasteiger partial charge in [0.15, 0.2) is 0 Å². The van der Waals surface area contributed by atoms with Crippen molar-refractivity contribution in [3.05, 3.63) is 28.5 Å². The van der Waals surface area contributed by atoms with Crippen molar-refractivity contribution in [2.45, 2.75) is 19.3 Å². The Morgan fingerprint density at radius 3 is 3.12 bits per heavy atom. The normalized spacial score (nSPS) is 19.9. The van der Waals surface area contributed by atoms with Gasteiger partial charge in [0.05, 0.1) is 0 Å².